The summed E-state index contributed by atoms with van der Waals surface area (Å²) >= 11 is 2.19. The molecule has 0 unspecified atom stereocenters. The van der Waals surface area contributed by atoms with Gasteiger partial charge in [-0.1, -0.05) is 26.8 Å². The van der Waals surface area contributed by atoms with Gasteiger partial charge in [-0.25, -0.2) is 0 Å². The van der Waals surface area contributed by atoms with Crippen LogP contribution in [0.1, 0.15) is 31.9 Å². The van der Waals surface area contributed by atoms with E-state index in [1.165, 1.54) is 5.56 Å². The molecule has 0 saturated heterocycles. The molecule has 0 saturated carbocycles. The first kappa shape index (κ1) is 15.2. The zero-order chi connectivity index (χ0) is 13.9. The summed E-state index contributed by atoms with van der Waals surface area (Å²) in [4.78, 5) is 10.8. The summed E-state index contributed by atoms with van der Waals surface area (Å²) in [6, 6.07) is 4.08. The normalized spacial score (nSPS) is 11.4. The molecular formula is C13H19IN2O2. The third kappa shape index (κ3) is 3.84. The summed E-state index contributed by atoms with van der Waals surface area (Å²) in [6.45, 7) is 6.67. The Hall–Kier alpha value is -0.820. The molecule has 0 aliphatic rings. The fraction of sp³-hybridized carbons (Fsp3) is 0.462. The summed E-state index contributed by atoms with van der Waals surface area (Å²) in [6.07, 6.45) is 0. The molecule has 0 heterocycles. The molecule has 0 atom stereocenters. The monoisotopic (exact) mass is 362 g/mol. The molecule has 18 heavy (non-hydrogen) atoms. The van der Waals surface area contributed by atoms with E-state index in [-0.39, 0.29) is 12.0 Å². The lowest BCUT2D eigenvalue weighted by Crippen LogP contribution is -2.21. The summed E-state index contributed by atoms with van der Waals surface area (Å²) in [5.41, 5.74) is 13.0. The fourth-order valence-corrected chi connectivity index (χ4v) is 2.38. The van der Waals surface area contributed by atoms with Gasteiger partial charge in [0, 0.05) is 12.1 Å². The van der Waals surface area contributed by atoms with E-state index in [1.807, 2.05) is 6.07 Å². The Morgan fingerprint density at radius 3 is 2.44 bits per heavy atom. The Labute approximate surface area is 121 Å². The van der Waals surface area contributed by atoms with Crippen LogP contribution in [0.3, 0.4) is 0 Å². The Bertz CT molecular complexity index is 453. The van der Waals surface area contributed by atoms with E-state index in [0.29, 0.717) is 12.3 Å². The molecule has 0 aliphatic heterocycles. The van der Waals surface area contributed by atoms with Crippen molar-refractivity contribution < 1.29 is 9.53 Å². The van der Waals surface area contributed by atoms with Gasteiger partial charge in [0.25, 0.3) is 5.91 Å². The minimum atomic E-state index is -0.492. The Kier molecular flexibility index (Phi) is 4.98. The Morgan fingerprint density at radius 1 is 1.39 bits per heavy atom. The van der Waals surface area contributed by atoms with Crippen molar-refractivity contribution >= 4 is 28.5 Å². The SMILES string of the molecule is CC(C)(C)c1cc(I)c(OCC(N)=O)c(CN)c1. The molecule has 0 fully saturated rings. The minimum Gasteiger partial charge on any atom is -0.482 e. The van der Waals surface area contributed by atoms with E-state index in [1.54, 1.807) is 0 Å². The van der Waals surface area contributed by atoms with Crippen molar-refractivity contribution in [3.05, 3.63) is 26.8 Å². The maximum atomic E-state index is 10.8. The molecule has 100 valence electrons. The molecule has 5 heteroatoms. The number of hydrogen-bond acceptors (Lipinski definition) is 3. The van der Waals surface area contributed by atoms with Crippen molar-refractivity contribution in [2.75, 3.05) is 6.61 Å². The minimum absolute atomic E-state index is 0.0477. The number of carbonyl (C=O) groups is 1. The van der Waals surface area contributed by atoms with Crippen molar-refractivity contribution in [3.63, 3.8) is 0 Å². The molecule has 0 aliphatic carbocycles. The highest BCUT2D eigenvalue weighted by Crippen LogP contribution is 2.32. The van der Waals surface area contributed by atoms with Gasteiger partial charge in [0.05, 0.1) is 3.57 Å². The standard InChI is InChI=1S/C13H19IN2O2/c1-13(2,3)9-4-8(6-15)12(10(14)5-9)18-7-11(16)17/h4-5H,6-7,15H2,1-3H3,(H2,16,17). The molecule has 4 nitrogen and oxygen atoms in total. The van der Waals surface area contributed by atoms with Crippen LogP contribution in [0.15, 0.2) is 12.1 Å². The average Bonchev–Trinajstić information content (AvgIpc) is 2.24. The second-order valence-electron chi connectivity index (χ2n) is 5.16. The highest BCUT2D eigenvalue weighted by atomic mass is 127. The molecule has 1 aromatic rings. The van der Waals surface area contributed by atoms with Crippen LogP contribution in [-0.4, -0.2) is 12.5 Å². The lowest BCUT2D eigenvalue weighted by atomic mass is 9.86. The lowest BCUT2D eigenvalue weighted by molar-refractivity contribution is -0.119. The summed E-state index contributed by atoms with van der Waals surface area (Å²) < 4.78 is 6.37. The van der Waals surface area contributed by atoms with Gasteiger partial charge >= 0.3 is 0 Å². The molecule has 4 N–H and O–H groups in total. The highest BCUT2D eigenvalue weighted by Gasteiger charge is 2.18. The van der Waals surface area contributed by atoms with Crippen LogP contribution in [0, 0.1) is 3.57 Å². The van der Waals surface area contributed by atoms with Gasteiger partial charge in [-0.2, -0.15) is 0 Å². The van der Waals surface area contributed by atoms with E-state index < -0.39 is 5.91 Å². The smallest absolute Gasteiger partial charge is 0.255 e. The number of rotatable bonds is 4. The molecule has 0 radical (unpaired) electrons. The summed E-state index contributed by atoms with van der Waals surface area (Å²) in [5.74, 6) is 0.165. The van der Waals surface area contributed by atoms with Gasteiger partial charge in [-0.15, -0.1) is 0 Å². The number of primary amides is 1. The van der Waals surface area contributed by atoms with Crippen LogP contribution in [0.5, 0.6) is 5.75 Å². The van der Waals surface area contributed by atoms with Crippen molar-refractivity contribution in [3.8, 4) is 5.75 Å². The number of benzene rings is 1. The third-order valence-corrected chi connectivity index (χ3v) is 3.37. The van der Waals surface area contributed by atoms with Crippen molar-refractivity contribution in [2.24, 2.45) is 11.5 Å². The predicted molar refractivity (Wildman–Crippen MR) is 80.4 cm³/mol. The van der Waals surface area contributed by atoms with Gasteiger partial charge < -0.3 is 16.2 Å². The van der Waals surface area contributed by atoms with Crippen LogP contribution in [0.4, 0.5) is 0 Å². The van der Waals surface area contributed by atoms with Crippen LogP contribution in [-0.2, 0) is 16.8 Å². The number of amides is 1. The van der Waals surface area contributed by atoms with Crippen LogP contribution in [0.25, 0.3) is 0 Å². The largest absolute Gasteiger partial charge is 0.482 e. The third-order valence-electron chi connectivity index (χ3n) is 2.57. The van der Waals surface area contributed by atoms with E-state index >= 15 is 0 Å². The van der Waals surface area contributed by atoms with Crippen LogP contribution in [0.2, 0.25) is 0 Å². The number of ether oxygens (including phenoxy) is 1. The van der Waals surface area contributed by atoms with Crippen LogP contribution < -0.4 is 16.2 Å². The molecule has 0 bridgehead atoms. The van der Waals surface area contributed by atoms with Crippen molar-refractivity contribution in [2.45, 2.75) is 32.7 Å². The Morgan fingerprint density at radius 2 is 2.00 bits per heavy atom. The van der Waals surface area contributed by atoms with Gasteiger partial charge in [-0.05, 0) is 39.6 Å². The molecule has 0 aromatic heterocycles. The molecule has 1 aromatic carbocycles. The zero-order valence-corrected chi connectivity index (χ0v) is 13.1. The molecule has 0 spiro atoms. The van der Waals surface area contributed by atoms with E-state index in [4.69, 9.17) is 16.2 Å². The van der Waals surface area contributed by atoms with Gasteiger partial charge in [0.15, 0.2) is 6.61 Å². The van der Waals surface area contributed by atoms with Gasteiger partial charge in [0.2, 0.25) is 0 Å². The molecule has 1 rings (SSSR count). The Balaban J connectivity index is 3.16. The average molecular weight is 362 g/mol. The topological polar surface area (TPSA) is 78.3 Å². The zero-order valence-electron chi connectivity index (χ0n) is 10.9. The molecule has 1 amide bonds. The maximum absolute atomic E-state index is 10.8. The predicted octanol–water partition coefficient (Wildman–Crippen LogP) is 1.91. The molecular weight excluding hydrogens is 343 g/mol. The summed E-state index contributed by atoms with van der Waals surface area (Å²) in [7, 11) is 0. The summed E-state index contributed by atoms with van der Waals surface area (Å²) in [5, 5.41) is 0. The van der Waals surface area contributed by atoms with E-state index in [2.05, 4.69) is 49.4 Å². The van der Waals surface area contributed by atoms with Crippen molar-refractivity contribution in [1.29, 1.82) is 0 Å². The first-order valence-corrected chi connectivity index (χ1v) is 6.77. The number of carbonyl (C=O) groups excluding carboxylic acids is 1. The first-order chi connectivity index (χ1) is 8.25. The van der Waals surface area contributed by atoms with Gasteiger partial charge in [-0.3, -0.25) is 4.79 Å². The number of nitrogens with two attached hydrogens (primary N) is 2. The number of hydrogen-bond donors (Lipinski definition) is 2. The van der Waals surface area contributed by atoms with E-state index in [0.717, 1.165) is 9.13 Å². The van der Waals surface area contributed by atoms with E-state index in [9.17, 15) is 4.79 Å². The van der Waals surface area contributed by atoms with Crippen LogP contribution >= 0.6 is 22.6 Å². The second-order valence-corrected chi connectivity index (χ2v) is 6.32. The lowest BCUT2D eigenvalue weighted by Gasteiger charge is -2.22. The maximum Gasteiger partial charge on any atom is 0.255 e. The second kappa shape index (κ2) is 5.88. The highest BCUT2D eigenvalue weighted by molar-refractivity contribution is 14.1. The fourth-order valence-electron chi connectivity index (χ4n) is 1.54. The number of halogens is 1. The van der Waals surface area contributed by atoms with Crippen molar-refractivity contribution in [1.82, 2.24) is 0 Å². The first-order valence-electron chi connectivity index (χ1n) is 5.69. The quantitative estimate of drug-likeness (QED) is 0.804. The van der Waals surface area contributed by atoms with Gasteiger partial charge in [0.1, 0.15) is 5.75 Å².